The summed E-state index contributed by atoms with van der Waals surface area (Å²) in [6.07, 6.45) is 4.86. The first-order chi connectivity index (χ1) is 6.77. The summed E-state index contributed by atoms with van der Waals surface area (Å²) in [6, 6.07) is 1.95. The molecule has 74 valence electrons. The van der Waals surface area contributed by atoms with Gasteiger partial charge >= 0.3 is 0 Å². The van der Waals surface area contributed by atoms with Crippen molar-refractivity contribution in [1.82, 2.24) is 9.78 Å². The average Bonchev–Trinajstić information content (AvgIpc) is 2.63. The molecule has 0 spiro atoms. The highest BCUT2D eigenvalue weighted by Gasteiger charge is 2.07. The molecule has 0 fully saturated rings. The topological polar surface area (TPSA) is 58.7 Å². The third kappa shape index (κ3) is 2.70. The molecular formula is C10H13N3O. The van der Waals surface area contributed by atoms with Gasteiger partial charge in [0.2, 0.25) is 0 Å². The number of hydrogen-bond donors (Lipinski definition) is 0. The number of carbonyl (C=O) groups is 1. The Labute approximate surface area is 83.1 Å². The quantitative estimate of drug-likeness (QED) is 0.666. The van der Waals surface area contributed by atoms with Gasteiger partial charge in [0.15, 0.2) is 5.78 Å². The zero-order valence-electron chi connectivity index (χ0n) is 8.23. The molecule has 1 rings (SSSR count). The van der Waals surface area contributed by atoms with Gasteiger partial charge in [-0.1, -0.05) is 6.92 Å². The van der Waals surface area contributed by atoms with Crippen LogP contribution in [0.3, 0.4) is 0 Å². The van der Waals surface area contributed by atoms with Crippen LogP contribution in [0.1, 0.15) is 36.5 Å². The highest BCUT2D eigenvalue weighted by atomic mass is 16.1. The second kappa shape index (κ2) is 5.18. The van der Waals surface area contributed by atoms with E-state index in [1.807, 2.05) is 6.07 Å². The van der Waals surface area contributed by atoms with E-state index < -0.39 is 0 Å². The summed E-state index contributed by atoms with van der Waals surface area (Å²) in [7, 11) is 0. The Morgan fingerprint density at radius 3 is 3.14 bits per heavy atom. The van der Waals surface area contributed by atoms with E-state index in [9.17, 15) is 4.79 Å². The third-order valence-electron chi connectivity index (χ3n) is 1.87. The number of ketones is 1. The van der Waals surface area contributed by atoms with Crippen molar-refractivity contribution in [1.29, 1.82) is 5.26 Å². The van der Waals surface area contributed by atoms with Gasteiger partial charge in [-0.2, -0.15) is 10.4 Å². The van der Waals surface area contributed by atoms with Gasteiger partial charge in [-0.25, -0.2) is 0 Å². The van der Waals surface area contributed by atoms with Gasteiger partial charge in [-0.15, -0.1) is 0 Å². The maximum atomic E-state index is 11.4. The van der Waals surface area contributed by atoms with E-state index in [-0.39, 0.29) is 18.6 Å². The second-order valence-electron chi connectivity index (χ2n) is 3.07. The molecule has 0 aliphatic rings. The molecule has 14 heavy (non-hydrogen) atoms. The van der Waals surface area contributed by atoms with Gasteiger partial charge in [-0.05, 0) is 6.42 Å². The molecule has 0 aliphatic carbocycles. The lowest BCUT2D eigenvalue weighted by atomic mass is 10.1. The third-order valence-corrected chi connectivity index (χ3v) is 1.87. The van der Waals surface area contributed by atoms with Crippen LogP contribution in [-0.2, 0) is 6.54 Å². The highest BCUT2D eigenvalue weighted by Crippen LogP contribution is 2.04. The van der Waals surface area contributed by atoms with Crippen molar-refractivity contribution in [3.8, 4) is 6.07 Å². The average molecular weight is 191 g/mol. The molecule has 0 saturated heterocycles. The smallest absolute Gasteiger partial charge is 0.167 e. The standard InChI is InChI=1S/C10H13N3O/c1-2-6-13-8-9(7-12-13)10(14)4-3-5-11/h7-8H,2-4,6H2,1H3. The molecule has 1 aromatic heterocycles. The molecule has 0 atom stereocenters. The van der Waals surface area contributed by atoms with E-state index in [0.717, 1.165) is 13.0 Å². The molecule has 0 aliphatic heterocycles. The van der Waals surface area contributed by atoms with Crippen molar-refractivity contribution >= 4 is 5.78 Å². The summed E-state index contributed by atoms with van der Waals surface area (Å²) in [5.74, 6) is -0.00565. The van der Waals surface area contributed by atoms with Crippen LogP contribution in [0.25, 0.3) is 0 Å². The normalized spacial score (nSPS) is 9.71. The maximum absolute atomic E-state index is 11.4. The van der Waals surface area contributed by atoms with E-state index in [1.54, 1.807) is 17.1 Å². The Balaban J connectivity index is 2.58. The van der Waals surface area contributed by atoms with E-state index in [4.69, 9.17) is 5.26 Å². The Morgan fingerprint density at radius 2 is 2.50 bits per heavy atom. The van der Waals surface area contributed by atoms with Gasteiger partial charge in [0.05, 0.1) is 17.8 Å². The van der Waals surface area contributed by atoms with Gasteiger partial charge in [0.1, 0.15) is 0 Å². The number of nitrogens with zero attached hydrogens (tertiary/aromatic N) is 3. The van der Waals surface area contributed by atoms with E-state index in [1.165, 1.54) is 0 Å². The first kappa shape index (κ1) is 10.5. The van der Waals surface area contributed by atoms with Gasteiger partial charge in [-0.3, -0.25) is 9.48 Å². The number of nitriles is 1. The van der Waals surface area contributed by atoms with E-state index in [2.05, 4.69) is 12.0 Å². The van der Waals surface area contributed by atoms with Gasteiger partial charge in [0, 0.05) is 25.6 Å². The van der Waals surface area contributed by atoms with E-state index in [0.29, 0.717) is 5.56 Å². The lowest BCUT2D eigenvalue weighted by Crippen LogP contribution is -1.98. The second-order valence-corrected chi connectivity index (χ2v) is 3.07. The SMILES string of the molecule is CCCn1cc(C(=O)CCC#N)cn1. The fraction of sp³-hybridized carbons (Fsp3) is 0.500. The summed E-state index contributed by atoms with van der Waals surface area (Å²) in [5, 5.41) is 12.4. The Morgan fingerprint density at radius 1 is 1.71 bits per heavy atom. The predicted octanol–water partition coefficient (Wildman–Crippen LogP) is 1.78. The van der Waals surface area contributed by atoms with Crippen LogP contribution in [0.5, 0.6) is 0 Å². The minimum Gasteiger partial charge on any atom is -0.294 e. The van der Waals surface area contributed by atoms with Crippen LogP contribution in [0.4, 0.5) is 0 Å². The Kier molecular flexibility index (Phi) is 3.86. The molecule has 0 saturated carbocycles. The summed E-state index contributed by atoms with van der Waals surface area (Å²) in [5.41, 5.74) is 0.605. The Hall–Kier alpha value is -1.63. The first-order valence-electron chi connectivity index (χ1n) is 4.70. The number of carbonyl (C=O) groups excluding carboxylic acids is 1. The molecule has 0 unspecified atom stereocenters. The Bertz CT molecular complexity index is 348. The van der Waals surface area contributed by atoms with Crippen molar-refractivity contribution in [2.24, 2.45) is 0 Å². The van der Waals surface area contributed by atoms with Crippen molar-refractivity contribution in [2.75, 3.05) is 0 Å². The largest absolute Gasteiger partial charge is 0.294 e. The number of Topliss-reactive ketones (excluding diaryl/α,β-unsaturated/α-hetero) is 1. The molecule has 4 nitrogen and oxygen atoms in total. The number of aromatic nitrogens is 2. The van der Waals surface area contributed by atoms with Crippen molar-refractivity contribution < 1.29 is 4.79 Å². The molecule has 4 heteroatoms. The van der Waals surface area contributed by atoms with Gasteiger partial charge < -0.3 is 0 Å². The van der Waals surface area contributed by atoms with Crippen molar-refractivity contribution in [2.45, 2.75) is 32.7 Å². The lowest BCUT2D eigenvalue weighted by molar-refractivity contribution is 0.0984. The predicted molar refractivity (Wildman–Crippen MR) is 51.7 cm³/mol. The van der Waals surface area contributed by atoms with Crippen LogP contribution < -0.4 is 0 Å². The van der Waals surface area contributed by atoms with Crippen LogP contribution >= 0.6 is 0 Å². The monoisotopic (exact) mass is 191 g/mol. The minimum absolute atomic E-state index is 0.00565. The zero-order chi connectivity index (χ0) is 10.4. The van der Waals surface area contributed by atoms with Crippen molar-refractivity contribution in [3.05, 3.63) is 18.0 Å². The lowest BCUT2D eigenvalue weighted by Gasteiger charge is -1.94. The van der Waals surface area contributed by atoms with Crippen LogP contribution in [0.15, 0.2) is 12.4 Å². The number of hydrogen-bond acceptors (Lipinski definition) is 3. The van der Waals surface area contributed by atoms with E-state index >= 15 is 0 Å². The fourth-order valence-corrected chi connectivity index (χ4v) is 1.17. The zero-order valence-corrected chi connectivity index (χ0v) is 8.23. The molecule has 1 aromatic rings. The maximum Gasteiger partial charge on any atom is 0.167 e. The number of rotatable bonds is 5. The molecule has 0 radical (unpaired) electrons. The summed E-state index contributed by atoms with van der Waals surface area (Å²) in [6.45, 7) is 2.88. The summed E-state index contributed by atoms with van der Waals surface area (Å²) in [4.78, 5) is 11.4. The highest BCUT2D eigenvalue weighted by molar-refractivity contribution is 5.95. The fourth-order valence-electron chi connectivity index (χ4n) is 1.17. The number of aryl methyl sites for hydroxylation is 1. The van der Waals surface area contributed by atoms with Crippen LogP contribution in [0, 0.1) is 11.3 Å². The first-order valence-corrected chi connectivity index (χ1v) is 4.70. The molecular weight excluding hydrogens is 178 g/mol. The minimum atomic E-state index is -0.00565. The molecule has 0 amide bonds. The van der Waals surface area contributed by atoms with Crippen molar-refractivity contribution in [3.63, 3.8) is 0 Å². The summed E-state index contributed by atoms with van der Waals surface area (Å²) >= 11 is 0. The molecule has 1 heterocycles. The molecule has 0 aromatic carbocycles. The molecule has 0 bridgehead atoms. The van der Waals surface area contributed by atoms with Crippen LogP contribution in [0.2, 0.25) is 0 Å². The van der Waals surface area contributed by atoms with Gasteiger partial charge in [0.25, 0.3) is 0 Å². The molecule has 0 N–H and O–H groups in total. The summed E-state index contributed by atoms with van der Waals surface area (Å²) < 4.78 is 1.75. The van der Waals surface area contributed by atoms with Crippen LogP contribution in [-0.4, -0.2) is 15.6 Å².